The van der Waals surface area contributed by atoms with Gasteiger partial charge in [0.2, 0.25) is 5.91 Å². The van der Waals surface area contributed by atoms with Gasteiger partial charge in [0.25, 0.3) is 0 Å². The lowest BCUT2D eigenvalue weighted by atomic mass is 9.67. The quantitative estimate of drug-likeness (QED) is 0.358. The third kappa shape index (κ3) is 6.80. The zero-order valence-corrected chi connectivity index (χ0v) is 25.7. The molecule has 1 saturated carbocycles. The molecule has 4 aliphatic rings. The normalized spacial score (nSPS) is 27.6. The van der Waals surface area contributed by atoms with Crippen LogP contribution in [-0.4, -0.2) is 55.8 Å². The van der Waals surface area contributed by atoms with Crippen molar-refractivity contribution < 1.29 is 62.5 Å². The summed E-state index contributed by atoms with van der Waals surface area (Å²) in [4.78, 5) is 16.8. The van der Waals surface area contributed by atoms with E-state index in [0.717, 1.165) is 25.7 Å². The molecule has 43 heavy (non-hydrogen) atoms. The average Bonchev–Trinajstić information content (AvgIpc) is 3.40. The molecular weight excluding hydrogens is 605 g/mol. The van der Waals surface area contributed by atoms with E-state index >= 15 is 4.39 Å². The van der Waals surface area contributed by atoms with E-state index in [0.29, 0.717) is 55.7 Å². The molecule has 0 aromatic heterocycles. The van der Waals surface area contributed by atoms with Crippen LogP contribution in [0.15, 0.2) is 42.5 Å². The number of likely N-dealkylation sites (tertiary alicyclic amines) is 1. The van der Waals surface area contributed by atoms with Crippen molar-refractivity contribution in [2.24, 2.45) is 11.8 Å². The Bertz CT molecular complexity index is 1250. The van der Waals surface area contributed by atoms with Crippen LogP contribution in [-0.2, 0) is 16.8 Å². The lowest BCUT2D eigenvalue weighted by Gasteiger charge is -2.47. The van der Waals surface area contributed by atoms with Gasteiger partial charge >= 0.3 is 6.18 Å². The highest BCUT2D eigenvalue weighted by molar-refractivity contribution is 5.82. The lowest BCUT2D eigenvalue weighted by molar-refractivity contribution is -0.691. The number of halogens is 6. The summed E-state index contributed by atoms with van der Waals surface area (Å²) in [6.45, 7) is 1.19. The first-order valence-electron chi connectivity index (χ1n) is 15.3. The Balaban J connectivity index is 0.00000212. The first kappa shape index (κ1) is 33.8. The molecule has 3 aliphatic heterocycles. The van der Waals surface area contributed by atoms with Crippen molar-refractivity contribution in [1.82, 2.24) is 4.90 Å². The Hall–Kier alpha value is -2.07. The SMILES string of the molecule is O=C([C@@H]1C[NH2+]C[C@]12C[NH2+]Cc1c(OCC(F)(F)F)ccc(F)c12)N1CC[C@@H](c2ccccc2)C[C@H]1C1CCCCC1.[Cl-].[Cl-]. The van der Waals surface area contributed by atoms with E-state index in [-0.39, 0.29) is 42.5 Å². The molecule has 0 unspecified atom stereocenters. The molecule has 2 saturated heterocycles. The molecule has 3 heterocycles. The number of fused-ring (bicyclic) bond motifs is 2. The van der Waals surface area contributed by atoms with E-state index in [1.165, 1.54) is 37.0 Å². The van der Waals surface area contributed by atoms with Gasteiger partial charge in [0.1, 0.15) is 29.4 Å². The predicted molar refractivity (Wildman–Crippen MR) is 146 cm³/mol. The second-order valence-corrected chi connectivity index (χ2v) is 12.6. The molecule has 1 spiro atoms. The predicted octanol–water partition coefficient (Wildman–Crippen LogP) is -2.36. The van der Waals surface area contributed by atoms with E-state index in [9.17, 15) is 18.0 Å². The fourth-order valence-electron chi connectivity index (χ4n) is 8.39. The van der Waals surface area contributed by atoms with Crippen molar-refractivity contribution >= 4 is 5.91 Å². The van der Waals surface area contributed by atoms with Gasteiger partial charge in [0, 0.05) is 18.2 Å². The molecule has 1 aliphatic carbocycles. The molecule has 238 valence electrons. The molecule has 1 amide bonds. The molecule has 2 aromatic carbocycles. The highest BCUT2D eigenvalue weighted by Gasteiger charge is 2.58. The minimum Gasteiger partial charge on any atom is -1.00 e. The zero-order valence-electron chi connectivity index (χ0n) is 24.2. The maximum absolute atomic E-state index is 15.7. The fourth-order valence-corrected chi connectivity index (χ4v) is 8.39. The van der Waals surface area contributed by atoms with E-state index in [1.807, 2.05) is 11.4 Å². The number of quaternary nitrogens is 2. The molecule has 0 radical (unpaired) electrons. The summed E-state index contributed by atoms with van der Waals surface area (Å²) in [6, 6.07) is 13.3. The third-order valence-corrected chi connectivity index (χ3v) is 10.2. The molecule has 2 aromatic rings. The van der Waals surface area contributed by atoms with Gasteiger partial charge in [-0.15, -0.1) is 0 Å². The van der Waals surface area contributed by atoms with Gasteiger partial charge in [-0.3, -0.25) is 4.79 Å². The van der Waals surface area contributed by atoms with Crippen molar-refractivity contribution in [2.45, 2.75) is 75.0 Å². The lowest BCUT2D eigenvalue weighted by Crippen LogP contribution is -3.00. The van der Waals surface area contributed by atoms with Gasteiger partial charge in [-0.05, 0) is 55.2 Å². The number of benzene rings is 2. The summed E-state index contributed by atoms with van der Waals surface area (Å²) < 4.78 is 59.8. The van der Waals surface area contributed by atoms with E-state index < -0.39 is 29.9 Å². The van der Waals surface area contributed by atoms with Crippen LogP contribution in [0.4, 0.5) is 17.6 Å². The van der Waals surface area contributed by atoms with Crippen molar-refractivity contribution in [3.8, 4) is 5.75 Å². The molecule has 0 bridgehead atoms. The van der Waals surface area contributed by atoms with Gasteiger partial charge in [0.15, 0.2) is 6.61 Å². The number of hydrogen-bond acceptors (Lipinski definition) is 2. The number of carbonyl (C=O) groups is 1. The number of piperidine rings is 1. The fraction of sp³-hybridized carbons (Fsp3) is 0.594. The number of ether oxygens (including phenoxy) is 1. The number of rotatable bonds is 5. The Morgan fingerprint density at radius 3 is 2.42 bits per heavy atom. The Kier molecular flexibility index (Phi) is 10.9. The minimum atomic E-state index is -4.49. The maximum atomic E-state index is 15.7. The van der Waals surface area contributed by atoms with Crippen LogP contribution in [0.25, 0.3) is 0 Å². The smallest absolute Gasteiger partial charge is 0.422 e. The molecular formula is C32H41Cl2F4N3O2. The number of carbonyl (C=O) groups excluding carboxylic acids is 1. The molecule has 6 rings (SSSR count). The molecule has 3 fully saturated rings. The summed E-state index contributed by atoms with van der Waals surface area (Å²) in [5.74, 6) is 0.131. The first-order chi connectivity index (χ1) is 19.8. The van der Waals surface area contributed by atoms with Crippen LogP contribution >= 0.6 is 0 Å². The van der Waals surface area contributed by atoms with Gasteiger partial charge in [-0.1, -0.05) is 49.6 Å². The number of nitrogens with two attached hydrogens (primary N) is 2. The maximum Gasteiger partial charge on any atom is 0.422 e. The highest BCUT2D eigenvalue weighted by atomic mass is 35.5. The van der Waals surface area contributed by atoms with E-state index in [4.69, 9.17) is 4.74 Å². The Labute approximate surface area is 263 Å². The number of alkyl halides is 3. The second kappa shape index (κ2) is 13.9. The molecule has 5 nitrogen and oxygen atoms in total. The van der Waals surface area contributed by atoms with Crippen molar-refractivity contribution in [1.29, 1.82) is 0 Å². The summed E-state index contributed by atoms with van der Waals surface area (Å²) in [5.41, 5.74) is 1.38. The van der Waals surface area contributed by atoms with Gasteiger partial charge in [0.05, 0.1) is 25.2 Å². The van der Waals surface area contributed by atoms with Crippen molar-refractivity contribution in [3.63, 3.8) is 0 Å². The number of nitrogens with zero attached hydrogens (tertiary/aromatic N) is 1. The highest BCUT2D eigenvalue weighted by Crippen LogP contribution is 2.44. The van der Waals surface area contributed by atoms with Crippen molar-refractivity contribution in [3.05, 3.63) is 65.0 Å². The summed E-state index contributed by atoms with van der Waals surface area (Å²) in [5, 5.41) is 4.09. The summed E-state index contributed by atoms with van der Waals surface area (Å²) >= 11 is 0. The van der Waals surface area contributed by atoms with Crippen LogP contribution in [0, 0.1) is 17.7 Å². The Morgan fingerprint density at radius 1 is 0.977 bits per heavy atom. The van der Waals surface area contributed by atoms with Crippen molar-refractivity contribution in [2.75, 3.05) is 32.8 Å². The van der Waals surface area contributed by atoms with Crippen LogP contribution in [0.1, 0.15) is 67.6 Å². The standard InChI is InChI=1S/C32H39F4N3O2.2ClH/c33-26-11-12-28(41-20-32(34,35)36)24-16-37-18-31(29(24)26)19-38-17-25(31)30(40)39-14-13-23(21-7-3-1-4-8-21)15-27(39)22-9-5-2-6-10-22;;/h1,3-4,7-8,11-12,22-23,25,27,37-38H,2,5-6,9-10,13-20H2;2*1H/t23-,25+,27+,31-;;/m1../s1. The van der Waals surface area contributed by atoms with Crippen LogP contribution in [0.2, 0.25) is 0 Å². The van der Waals surface area contributed by atoms with Gasteiger partial charge in [-0.25, -0.2) is 4.39 Å². The van der Waals surface area contributed by atoms with Crippen LogP contribution in [0.3, 0.4) is 0 Å². The first-order valence-corrected chi connectivity index (χ1v) is 15.3. The largest absolute Gasteiger partial charge is 1.00 e. The minimum absolute atomic E-state index is 0. The van der Waals surface area contributed by atoms with Crippen LogP contribution < -0.4 is 40.2 Å². The Morgan fingerprint density at radius 2 is 1.70 bits per heavy atom. The van der Waals surface area contributed by atoms with Gasteiger partial charge in [-0.2, -0.15) is 13.2 Å². The third-order valence-electron chi connectivity index (χ3n) is 10.2. The molecule has 11 heteroatoms. The van der Waals surface area contributed by atoms with Gasteiger partial charge < -0.3 is 45.1 Å². The topological polar surface area (TPSA) is 62.8 Å². The van der Waals surface area contributed by atoms with E-state index in [1.54, 1.807) is 0 Å². The average molecular weight is 647 g/mol. The zero-order chi connectivity index (χ0) is 28.6. The monoisotopic (exact) mass is 645 g/mol. The van der Waals surface area contributed by atoms with Crippen LogP contribution in [0.5, 0.6) is 5.75 Å². The molecule has 4 N–H and O–H groups in total. The number of amides is 1. The number of hydrogen-bond donors (Lipinski definition) is 2. The summed E-state index contributed by atoms with van der Waals surface area (Å²) in [6.07, 6.45) is 3.22. The molecule has 4 atom stereocenters. The van der Waals surface area contributed by atoms with E-state index in [2.05, 4.69) is 34.5 Å². The summed E-state index contributed by atoms with van der Waals surface area (Å²) in [7, 11) is 0. The second-order valence-electron chi connectivity index (χ2n) is 12.6.